The molecule has 0 heterocycles. The lowest BCUT2D eigenvalue weighted by atomic mass is 10.1. The van der Waals surface area contributed by atoms with E-state index in [1.54, 1.807) is 0 Å². The van der Waals surface area contributed by atoms with Crippen LogP contribution in [0.4, 0.5) is 0 Å². The van der Waals surface area contributed by atoms with Crippen LogP contribution in [-0.4, -0.2) is 6.16 Å². The van der Waals surface area contributed by atoms with E-state index in [9.17, 15) is 4.57 Å². The number of rotatable bonds is 6. The molecule has 0 aliphatic carbocycles. The Labute approximate surface area is 84.6 Å². The van der Waals surface area contributed by atoms with Crippen molar-refractivity contribution >= 4 is 16.4 Å². The zero-order valence-electron chi connectivity index (χ0n) is 8.63. The van der Waals surface area contributed by atoms with Crippen LogP contribution in [0.5, 0.6) is 0 Å². The van der Waals surface area contributed by atoms with Gasteiger partial charge in [-0.15, -0.1) is 0 Å². The van der Waals surface area contributed by atoms with E-state index in [1.165, 1.54) is 11.1 Å². The summed E-state index contributed by atoms with van der Waals surface area (Å²) in [6.45, 7) is 6.39. The summed E-state index contributed by atoms with van der Waals surface area (Å²) in [5.41, 5.74) is 2.79. The van der Waals surface area contributed by atoms with E-state index < -0.39 is 0 Å². The van der Waals surface area contributed by atoms with E-state index in [4.69, 9.17) is 0 Å². The number of hydrogen-bond donors (Lipinski definition) is 0. The summed E-state index contributed by atoms with van der Waals surface area (Å²) >= 11 is 0. The second-order valence-corrected chi connectivity index (χ2v) is 5.73. The number of hydrogen-bond acceptors (Lipinski definition) is 1. The van der Waals surface area contributed by atoms with Gasteiger partial charge >= 0.3 is 0 Å². The molecule has 3 heteroatoms. The van der Waals surface area contributed by atoms with E-state index in [1.807, 2.05) is 0 Å². The molecule has 0 aliphatic rings. The second kappa shape index (κ2) is 8.60. The molecule has 0 N–H and O–H groups in total. The van der Waals surface area contributed by atoms with Crippen molar-refractivity contribution in [1.29, 1.82) is 0 Å². The molecule has 0 saturated carbocycles. The van der Waals surface area contributed by atoms with Crippen molar-refractivity contribution in [2.24, 2.45) is 0 Å². The minimum atomic E-state index is 0.285. The average molecular weight is 216 g/mol. The van der Waals surface area contributed by atoms with E-state index in [2.05, 4.69) is 32.9 Å². The zero-order chi connectivity index (χ0) is 10.1. The van der Waals surface area contributed by atoms with Gasteiger partial charge in [-0.1, -0.05) is 23.3 Å². The zero-order valence-corrected chi connectivity index (χ0v) is 10.5. The first-order valence-corrected chi connectivity index (χ1v) is 7.37. The van der Waals surface area contributed by atoms with Crippen LogP contribution in [0.25, 0.3) is 0 Å². The van der Waals surface area contributed by atoms with Crippen molar-refractivity contribution in [2.45, 2.75) is 33.6 Å². The Bertz CT molecular complexity index is 203. The molecule has 0 radical (unpaired) electrons. The summed E-state index contributed by atoms with van der Waals surface area (Å²) in [5, 5.41) is 0. The van der Waals surface area contributed by atoms with Gasteiger partial charge in [-0.25, -0.2) is 0 Å². The highest BCUT2D eigenvalue weighted by Crippen LogP contribution is 2.26. The standard InChI is InChI=1S/C10H18OP2/c1-9(2)5-4-6-10(3)7-8-12-13-11/h5,7,12H,4,6,8H2,1-3H3. The van der Waals surface area contributed by atoms with E-state index in [0.717, 1.165) is 19.0 Å². The maximum atomic E-state index is 10.2. The third-order valence-electron chi connectivity index (χ3n) is 1.70. The van der Waals surface area contributed by atoms with Crippen molar-refractivity contribution in [1.82, 2.24) is 0 Å². The maximum Gasteiger partial charge on any atom is 0.178 e. The maximum absolute atomic E-state index is 10.2. The highest BCUT2D eigenvalue weighted by Gasteiger charge is 1.88. The molecule has 0 aromatic heterocycles. The molecule has 1 nitrogen and oxygen atoms in total. The van der Waals surface area contributed by atoms with Crippen molar-refractivity contribution in [3.05, 3.63) is 23.3 Å². The largest absolute Gasteiger partial charge is 0.270 e. The Kier molecular flexibility index (Phi) is 8.61. The minimum Gasteiger partial charge on any atom is -0.270 e. The van der Waals surface area contributed by atoms with Gasteiger partial charge in [0.1, 0.15) is 0 Å². The van der Waals surface area contributed by atoms with Crippen LogP contribution < -0.4 is 0 Å². The monoisotopic (exact) mass is 216 g/mol. The van der Waals surface area contributed by atoms with Crippen LogP contribution >= 0.6 is 16.4 Å². The topological polar surface area (TPSA) is 17.1 Å². The predicted octanol–water partition coefficient (Wildman–Crippen LogP) is 4.56. The summed E-state index contributed by atoms with van der Waals surface area (Å²) in [6.07, 6.45) is 7.67. The van der Waals surface area contributed by atoms with Crippen LogP contribution in [0.3, 0.4) is 0 Å². The van der Waals surface area contributed by atoms with Gasteiger partial charge in [-0.2, -0.15) is 0 Å². The Hall–Kier alpha value is 0.01000. The summed E-state index contributed by atoms with van der Waals surface area (Å²) in [4.78, 5) is 0. The lowest BCUT2D eigenvalue weighted by Crippen LogP contribution is -1.77. The Morgan fingerprint density at radius 2 is 2.00 bits per heavy atom. The smallest absolute Gasteiger partial charge is 0.178 e. The summed E-state index contributed by atoms with van der Waals surface area (Å²) < 4.78 is 10.2. The van der Waals surface area contributed by atoms with Gasteiger partial charge in [0.05, 0.1) is 0 Å². The Morgan fingerprint density at radius 1 is 1.31 bits per heavy atom. The molecular weight excluding hydrogens is 198 g/mol. The molecule has 0 rings (SSSR count). The Morgan fingerprint density at radius 3 is 2.54 bits per heavy atom. The molecule has 0 aromatic carbocycles. The van der Waals surface area contributed by atoms with Gasteiger partial charge < -0.3 is 0 Å². The lowest BCUT2D eigenvalue weighted by Gasteiger charge is -1.97. The molecule has 0 fully saturated rings. The van der Waals surface area contributed by atoms with Gasteiger partial charge in [0.25, 0.3) is 0 Å². The molecule has 0 aromatic rings. The van der Waals surface area contributed by atoms with E-state index in [0.29, 0.717) is 8.27 Å². The minimum absolute atomic E-state index is 0.285. The van der Waals surface area contributed by atoms with E-state index in [-0.39, 0.29) is 8.15 Å². The van der Waals surface area contributed by atoms with Gasteiger partial charge in [-0.05, 0) is 48.0 Å². The lowest BCUT2D eigenvalue weighted by molar-refractivity contribution is 0.605. The van der Waals surface area contributed by atoms with Crippen LogP contribution in [0.1, 0.15) is 33.6 Å². The van der Waals surface area contributed by atoms with Gasteiger partial charge in [0.15, 0.2) is 8.15 Å². The van der Waals surface area contributed by atoms with Crippen molar-refractivity contribution in [3.8, 4) is 0 Å². The third kappa shape index (κ3) is 9.93. The summed E-state index contributed by atoms with van der Waals surface area (Å²) in [5.74, 6) is 0. The molecule has 13 heavy (non-hydrogen) atoms. The molecule has 1 atom stereocenters. The highest BCUT2D eigenvalue weighted by molar-refractivity contribution is 8.05. The third-order valence-corrected chi connectivity index (χ3v) is 3.15. The summed E-state index contributed by atoms with van der Waals surface area (Å²) in [6, 6.07) is 0. The van der Waals surface area contributed by atoms with Crippen LogP contribution in [0.15, 0.2) is 23.3 Å². The van der Waals surface area contributed by atoms with Crippen molar-refractivity contribution in [2.75, 3.05) is 6.16 Å². The van der Waals surface area contributed by atoms with E-state index >= 15 is 0 Å². The van der Waals surface area contributed by atoms with Gasteiger partial charge in [-0.3, -0.25) is 4.57 Å². The Balaban J connectivity index is 3.60. The first kappa shape index (κ1) is 13.0. The van der Waals surface area contributed by atoms with Crippen LogP contribution in [-0.2, 0) is 4.57 Å². The molecular formula is C10H18OP2. The quantitative estimate of drug-likeness (QED) is 0.361. The molecule has 0 saturated heterocycles. The van der Waals surface area contributed by atoms with Crippen LogP contribution in [0.2, 0.25) is 0 Å². The highest BCUT2D eigenvalue weighted by atomic mass is 32.0. The fourth-order valence-corrected chi connectivity index (χ4v) is 1.96. The second-order valence-electron chi connectivity index (χ2n) is 3.32. The van der Waals surface area contributed by atoms with Crippen molar-refractivity contribution < 1.29 is 4.57 Å². The van der Waals surface area contributed by atoms with Crippen LogP contribution in [0, 0.1) is 0 Å². The molecule has 74 valence electrons. The molecule has 1 unspecified atom stereocenters. The fourth-order valence-electron chi connectivity index (χ4n) is 0.948. The number of allylic oxidation sites excluding steroid dienone is 4. The molecule has 0 bridgehead atoms. The van der Waals surface area contributed by atoms with Crippen molar-refractivity contribution in [3.63, 3.8) is 0 Å². The molecule has 0 amide bonds. The normalized spacial score (nSPS) is 12.7. The first-order chi connectivity index (χ1) is 6.16. The first-order valence-electron chi connectivity index (χ1n) is 4.51. The molecule has 0 aliphatic heterocycles. The predicted molar refractivity (Wildman–Crippen MR) is 63.2 cm³/mol. The SMILES string of the molecule is CC(C)=CCCC(C)=CCPP=O. The fraction of sp³-hybridized carbons (Fsp3) is 0.600. The summed E-state index contributed by atoms with van der Waals surface area (Å²) in [7, 11) is 0.818. The average Bonchev–Trinajstić information content (AvgIpc) is 2.04. The molecule has 0 spiro atoms. The van der Waals surface area contributed by atoms with Gasteiger partial charge in [0.2, 0.25) is 0 Å². The van der Waals surface area contributed by atoms with Gasteiger partial charge in [0, 0.05) is 0 Å².